The summed E-state index contributed by atoms with van der Waals surface area (Å²) in [5.41, 5.74) is 0.855. The molecule has 1 heterocycles. The Balaban J connectivity index is 2.06. The van der Waals surface area contributed by atoms with E-state index in [4.69, 9.17) is 11.6 Å². The molecule has 21 heavy (non-hydrogen) atoms. The lowest BCUT2D eigenvalue weighted by molar-refractivity contribution is 0.521. The van der Waals surface area contributed by atoms with Gasteiger partial charge >= 0.3 is 0 Å². The molecule has 0 amide bonds. The third-order valence-corrected chi connectivity index (χ3v) is 7.10. The van der Waals surface area contributed by atoms with Crippen LogP contribution in [0.25, 0.3) is 0 Å². The molecule has 8 heteroatoms. The summed E-state index contributed by atoms with van der Waals surface area (Å²) >= 11 is 10.8. The maximum atomic E-state index is 12.0. The van der Waals surface area contributed by atoms with Gasteiger partial charge in [0.1, 0.15) is 4.34 Å². The zero-order valence-corrected chi connectivity index (χ0v) is 15.4. The van der Waals surface area contributed by atoms with Crippen LogP contribution in [0.5, 0.6) is 0 Å². The number of nitrogens with one attached hydrogen (secondary N) is 1. The average Bonchev–Trinajstić information content (AvgIpc) is 2.76. The Labute approximate surface area is 141 Å². The van der Waals surface area contributed by atoms with Crippen molar-refractivity contribution in [1.29, 1.82) is 0 Å². The van der Waals surface area contributed by atoms with Crippen molar-refractivity contribution in [2.24, 2.45) is 0 Å². The van der Waals surface area contributed by atoms with E-state index < -0.39 is 10.0 Å². The zero-order chi connectivity index (χ0) is 15.6. The maximum absolute atomic E-state index is 12.0. The summed E-state index contributed by atoms with van der Waals surface area (Å²) in [4.78, 5) is 1.37. The molecule has 0 atom stereocenters. The van der Waals surface area contributed by atoms with Crippen LogP contribution in [0.1, 0.15) is 4.88 Å². The van der Waals surface area contributed by atoms with Crippen LogP contribution >= 0.6 is 38.9 Å². The van der Waals surface area contributed by atoms with Gasteiger partial charge in [0, 0.05) is 35.7 Å². The van der Waals surface area contributed by atoms with E-state index in [1.54, 1.807) is 24.3 Å². The van der Waals surface area contributed by atoms with E-state index in [1.165, 1.54) is 29.7 Å². The van der Waals surface area contributed by atoms with Gasteiger partial charge in [-0.2, -0.15) is 0 Å². The standard InChI is InChI=1S/C13H14BrClN2O2S2/c1-17(2)21(18,19)11-5-3-9(4-6-11)16-8-10-7-12(14)13(15)20-10/h3-7,16H,8H2,1-2H3. The minimum absolute atomic E-state index is 0.278. The number of hydrogen-bond acceptors (Lipinski definition) is 4. The molecule has 0 saturated carbocycles. The minimum atomic E-state index is -3.38. The number of hydrogen-bond donors (Lipinski definition) is 1. The largest absolute Gasteiger partial charge is 0.380 e. The minimum Gasteiger partial charge on any atom is -0.380 e. The molecule has 4 nitrogen and oxygen atoms in total. The first-order valence-electron chi connectivity index (χ1n) is 6.01. The highest BCUT2D eigenvalue weighted by atomic mass is 79.9. The number of sulfonamides is 1. The fourth-order valence-corrected chi connectivity index (χ4v) is 4.26. The summed E-state index contributed by atoms with van der Waals surface area (Å²) in [6.07, 6.45) is 0. The van der Waals surface area contributed by atoms with Crippen LogP contribution in [0.4, 0.5) is 5.69 Å². The second-order valence-corrected chi connectivity index (χ2v) is 9.24. The third kappa shape index (κ3) is 3.98. The van der Waals surface area contributed by atoms with Crippen molar-refractivity contribution in [3.63, 3.8) is 0 Å². The molecule has 114 valence electrons. The van der Waals surface area contributed by atoms with Crippen LogP contribution < -0.4 is 5.32 Å². The summed E-state index contributed by atoms with van der Waals surface area (Å²) in [6.45, 7) is 0.635. The quantitative estimate of drug-likeness (QED) is 0.811. The molecule has 1 N–H and O–H groups in total. The van der Waals surface area contributed by atoms with E-state index in [9.17, 15) is 8.42 Å². The zero-order valence-electron chi connectivity index (χ0n) is 11.4. The van der Waals surface area contributed by atoms with Gasteiger partial charge in [-0.15, -0.1) is 11.3 Å². The van der Waals surface area contributed by atoms with Gasteiger partial charge in [0.15, 0.2) is 0 Å². The summed E-state index contributed by atoms with van der Waals surface area (Å²) in [6, 6.07) is 8.65. The molecular weight excluding hydrogens is 396 g/mol. The van der Waals surface area contributed by atoms with Crippen LogP contribution in [0, 0.1) is 0 Å². The molecule has 2 rings (SSSR count). The molecule has 0 bridgehead atoms. The van der Waals surface area contributed by atoms with Gasteiger partial charge in [-0.05, 0) is 46.3 Å². The van der Waals surface area contributed by atoms with E-state index in [0.717, 1.165) is 19.4 Å². The number of anilines is 1. The summed E-state index contributed by atoms with van der Waals surface area (Å²) in [5.74, 6) is 0. The first-order chi connectivity index (χ1) is 9.80. The average molecular weight is 410 g/mol. The van der Waals surface area contributed by atoms with Gasteiger partial charge in [-0.25, -0.2) is 12.7 Å². The van der Waals surface area contributed by atoms with Gasteiger partial charge < -0.3 is 5.32 Å². The summed E-state index contributed by atoms with van der Waals surface area (Å²) in [5, 5.41) is 3.23. The number of nitrogens with zero attached hydrogens (tertiary/aromatic N) is 1. The van der Waals surface area contributed by atoms with E-state index >= 15 is 0 Å². The molecule has 0 radical (unpaired) electrons. The van der Waals surface area contributed by atoms with Gasteiger partial charge in [0.2, 0.25) is 10.0 Å². The van der Waals surface area contributed by atoms with E-state index in [1.807, 2.05) is 6.07 Å². The second kappa shape index (κ2) is 6.66. The molecule has 0 saturated heterocycles. The van der Waals surface area contributed by atoms with Crippen molar-refractivity contribution < 1.29 is 8.42 Å². The van der Waals surface area contributed by atoms with Gasteiger partial charge in [-0.1, -0.05) is 11.6 Å². The number of benzene rings is 1. The Morgan fingerprint density at radius 2 is 1.90 bits per heavy atom. The van der Waals surface area contributed by atoms with Crippen molar-refractivity contribution in [2.75, 3.05) is 19.4 Å². The summed E-state index contributed by atoms with van der Waals surface area (Å²) < 4.78 is 26.7. The highest BCUT2D eigenvalue weighted by Gasteiger charge is 2.16. The fourth-order valence-electron chi connectivity index (χ4n) is 1.62. The first-order valence-corrected chi connectivity index (χ1v) is 9.43. The Morgan fingerprint density at radius 3 is 2.38 bits per heavy atom. The fraction of sp³-hybridized carbons (Fsp3) is 0.231. The van der Waals surface area contributed by atoms with E-state index in [-0.39, 0.29) is 4.90 Å². The van der Waals surface area contributed by atoms with E-state index in [0.29, 0.717) is 6.54 Å². The lowest BCUT2D eigenvalue weighted by Crippen LogP contribution is -2.22. The Kier molecular flexibility index (Phi) is 5.32. The number of rotatable bonds is 5. The Hall–Kier alpha value is -0.600. The first kappa shape index (κ1) is 16.8. The van der Waals surface area contributed by atoms with Crippen molar-refractivity contribution >= 4 is 54.6 Å². The lowest BCUT2D eigenvalue weighted by atomic mass is 10.3. The smallest absolute Gasteiger partial charge is 0.242 e. The molecule has 0 fully saturated rings. The SMILES string of the molecule is CN(C)S(=O)(=O)c1ccc(NCc2cc(Br)c(Cl)s2)cc1. The van der Waals surface area contributed by atoms with Crippen molar-refractivity contribution in [2.45, 2.75) is 11.4 Å². The van der Waals surface area contributed by atoms with Crippen LogP contribution in [0.3, 0.4) is 0 Å². The molecule has 0 aliphatic rings. The molecule has 0 unspecified atom stereocenters. The number of halogens is 2. The molecule has 2 aromatic rings. The molecule has 1 aromatic heterocycles. The van der Waals surface area contributed by atoms with Gasteiger partial charge in [0.25, 0.3) is 0 Å². The molecular formula is C13H14BrClN2O2S2. The van der Waals surface area contributed by atoms with Crippen molar-refractivity contribution in [3.05, 3.63) is 44.0 Å². The second-order valence-electron chi connectivity index (χ2n) is 4.50. The van der Waals surface area contributed by atoms with Gasteiger partial charge in [0.05, 0.1) is 4.90 Å². The Bertz CT molecular complexity index is 708. The van der Waals surface area contributed by atoms with Crippen LogP contribution in [-0.4, -0.2) is 26.8 Å². The Morgan fingerprint density at radius 1 is 1.29 bits per heavy atom. The molecule has 0 aliphatic heterocycles. The number of thiophene rings is 1. The van der Waals surface area contributed by atoms with Crippen molar-refractivity contribution in [3.8, 4) is 0 Å². The van der Waals surface area contributed by atoms with Crippen LogP contribution in [-0.2, 0) is 16.6 Å². The summed E-state index contributed by atoms with van der Waals surface area (Å²) in [7, 11) is -0.352. The lowest BCUT2D eigenvalue weighted by Gasteiger charge is -2.12. The van der Waals surface area contributed by atoms with Crippen LogP contribution in [0.2, 0.25) is 4.34 Å². The van der Waals surface area contributed by atoms with Gasteiger partial charge in [-0.3, -0.25) is 0 Å². The molecule has 0 spiro atoms. The normalized spacial score (nSPS) is 11.9. The van der Waals surface area contributed by atoms with E-state index in [2.05, 4.69) is 21.2 Å². The monoisotopic (exact) mass is 408 g/mol. The predicted molar refractivity (Wildman–Crippen MR) is 91.7 cm³/mol. The van der Waals surface area contributed by atoms with Crippen molar-refractivity contribution in [1.82, 2.24) is 4.31 Å². The molecule has 1 aromatic carbocycles. The highest BCUT2D eigenvalue weighted by molar-refractivity contribution is 9.10. The van der Waals surface area contributed by atoms with Crippen LogP contribution in [0.15, 0.2) is 39.7 Å². The maximum Gasteiger partial charge on any atom is 0.242 e. The topological polar surface area (TPSA) is 49.4 Å². The molecule has 0 aliphatic carbocycles. The highest BCUT2D eigenvalue weighted by Crippen LogP contribution is 2.32. The third-order valence-electron chi connectivity index (χ3n) is 2.80. The predicted octanol–water partition coefficient (Wildman–Crippen LogP) is 4.03.